The molecule has 0 aliphatic heterocycles. The fourth-order valence-corrected chi connectivity index (χ4v) is 2.94. The Morgan fingerprint density at radius 2 is 1.91 bits per heavy atom. The summed E-state index contributed by atoms with van der Waals surface area (Å²) in [5.41, 5.74) is 5.26. The second kappa shape index (κ2) is 6.74. The molecule has 1 fully saturated rings. The molecule has 0 bridgehead atoms. The first kappa shape index (κ1) is 15.4. The van der Waals surface area contributed by atoms with Crippen LogP contribution in [0.1, 0.15) is 24.3 Å². The third-order valence-corrected chi connectivity index (χ3v) is 4.43. The third-order valence-electron chi connectivity index (χ3n) is 3.34. The Kier molecular flexibility index (Phi) is 4.52. The van der Waals surface area contributed by atoms with E-state index < -0.39 is 11.8 Å². The Morgan fingerprint density at radius 3 is 2.65 bits per heavy atom. The summed E-state index contributed by atoms with van der Waals surface area (Å²) in [7, 11) is 0. The molecule has 7 nitrogen and oxygen atoms in total. The molecule has 1 aromatic heterocycles. The quantitative estimate of drug-likeness (QED) is 0.565. The van der Waals surface area contributed by atoms with E-state index in [1.807, 2.05) is 24.3 Å². The van der Waals surface area contributed by atoms with E-state index in [0.29, 0.717) is 6.42 Å². The maximum Gasteiger partial charge on any atom is 0.327 e. The predicted octanol–water partition coefficient (Wildman–Crippen LogP) is 0.655. The van der Waals surface area contributed by atoms with Crippen molar-refractivity contribution >= 4 is 39.3 Å². The van der Waals surface area contributed by atoms with E-state index in [9.17, 15) is 14.4 Å². The highest BCUT2D eigenvalue weighted by Gasteiger charge is 2.26. The minimum Gasteiger partial charge on any atom is -0.345 e. The van der Waals surface area contributed by atoms with E-state index in [2.05, 4.69) is 21.2 Å². The lowest BCUT2D eigenvalue weighted by Crippen LogP contribution is -2.49. The summed E-state index contributed by atoms with van der Waals surface area (Å²) >= 11 is 1.54. The van der Waals surface area contributed by atoms with Crippen LogP contribution in [-0.4, -0.2) is 28.7 Å². The number of aromatic nitrogens is 1. The summed E-state index contributed by atoms with van der Waals surface area (Å²) < 4.78 is 1.08. The maximum atomic E-state index is 11.7. The van der Waals surface area contributed by atoms with Gasteiger partial charge in [-0.3, -0.25) is 25.2 Å². The molecule has 120 valence electrons. The number of para-hydroxylation sites is 1. The van der Waals surface area contributed by atoms with Crippen LogP contribution < -0.4 is 16.2 Å². The number of amides is 3. The number of carbonyl (C=O) groups excluding carboxylic acids is 3. The minimum atomic E-state index is -0.856. The zero-order chi connectivity index (χ0) is 16.2. The number of hydrogen-bond donors (Lipinski definition) is 3. The highest BCUT2D eigenvalue weighted by molar-refractivity contribution is 7.18. The number of benzene rings is 1. The lowest BCUT2D eigenvalue weighted by atomic mass is 10.3. The zero-order valence-electron chi connectivity index (χ0n) is 12.3. The number of rotatable bonds is 4. The van der Waals surface area contributed by atoms with Gasteiger partial charge < -0.3 is 5.32 Å². The van der Waals surface area contributed by atoms with E-state index in [1.165, 1.54) is 11.3 Å². The van der Waals surface area contributed by atoms with E-state index in [-0.39, 0.29) is 18.4 Å². The standard InChI is InChI=1S/C15H16N4O3S/c20-12(18-19-15(22)14(21)16-9-5-6-9)7-8-13-17-10-3-1-2-4-11(10)23-13/h1-4,9H,5-8H2,(H,16,21)(H,18,20)(H,19,22). The van der Waals surface area contributed by atoms with Crippen molar-refractivity contribution in [2.24, 2.45) is 0 Å². The highest BCUT2D eigenvalue weighted by Crippen LogP contribution is 2.22. The molecule has 1 aromatic carbocycles. The first-order chi connectivity index (χ1) is 11.1. The molecule has 1 aliphatic carbocycles. The number of hydrazine groups is 1. The van der Waals surface area contributed by atoms with E-state index in [0.717, 1.165) is 28.1 Å². The molecule has 1 aliphatic rings. The van der Waals surface area contributed by atoms with Crippen molar-refractivity contribution < 1.29 is 14.4 Å². The van der Waals surface area contributed by atoms with Crippen molar-refractivity contribution in [3.05, 3.63) is 29.3 Å². The average Bonchev–Trinajstić information content (AvgIpc) is 3.26. The molecule has 3 amide bonds. The Labute approximate surface area is 136 Å². The molecule has 23 heavy (non-hydrogen) atoms. The van der Waals surface area contributed by atoms with Crippen molar-refractivity contribution in [3.63, 3.8) is 0 Å². The Balaban J connectivity index is 1.42. The van der Waals surface area contributed by atoms with Gasteiger partial charge in [-0.15, -0.1) is 11.3 Å². The fourth-order valence-electron chi connectivity index (χ4n) is 1.97. The number of thiazole rings is 1. The van der Waals surface area contributed by atoms with Gasteiger partial charge in [0.2, 0.25) is 5.91 Å². The predicted molar refractivity (Wildman–Crippen MR) is 85.4 cm³/mol. The summed E-state index contributed by atoms with van der Waals surface area (Å²) in [6.45, 7) is 0. The lowest BCUT2D eigenvalue weighted by molar-refractivity contribution is -0.141. The smallest absolute Gasteiger partial charge is 0.327 e. The summed E-state index contributed by atoms with van der Waals surface area (Å²) in [5, 5.41) is 3.40. The van der Waals surface area contributed by atoms with E-state index >= 15 is 0 Å². The molecule has 1 heterocycles. The van der Waals surface area contributed by atoms with Crippen molar-refractivity contribution in [1.29, 1.82) is 0 Å². The van der Waals surface area contributed by atoms with Crippen LogP contribution in [0.2, 0.25) is 0 Å². The second-order valence-corrected chi connectivity index (χ2v) is 6.44. The summed E-state index contributed by atoms with van der Waals surface area (Å²) in [6, 6.07) is 7.87. The van der Waals surface area contributed by atoms with Crippen LogP contribution >= 0.6 is 11.3 Å². The first-order valence-electron chi connectivity index (χ1n) is 7.36. The number of carbonyl (C=O) groups is 3. The minimum absolute atomic E-state index is 0.1000. The number of nitrogens with zero attached hydrogens (tertiary/aromatic N) is 1. The normalized spacial score (nSPS) is 13.6. The van der Waals surface area contributed by atoms with Gasteiger partial charge >= 0.3 is 11.8 Å². The summed E-state index contributed by atoms with van der Waals surface area (Å²) in [5.74, 6) is -1.94. The fraction of sp³-hybridized carbons (Fsp3) is 0.333. The molecular weight excluding hydrogens is 316 g/mol. The Morgan fingerprint density at radius 1 is 1.13 bits per heavy atom. The van der Waals surface area contributed by atoms with Crippen LogP contribution in [-0.2, 0) is 20.8 Å². The van der Waals surface area contributed by atoms with Gasteiger partial charge in [0.1, 0.15) is 0 Å². The highest BCUT2D eigenvalue weighted by atomic mass is 32.1. The molecule has 0 atom stereocenters. The van der Waals surface area contributed by atoms with Gasteiger partial charge in [0.15, 0.2) is 0 Å². The van der Waals surface area contributed by atoms with Crippen molar-refractivity contribution in [1.82, 2.24) is 21.2 Å². The summed E-state index contributed by atoms with van der Waals surface area (Å²) in [4.78, 5) is 39.0. The van der Waals surface area contributed by atoms with Crippen LogP contribution in [0, 0.1) is 0 Å². The van der Waals surface area contributed by atoms with Crippen LogP contribution in [0.4, 0.5) is 0 Å². The molecule has 0 spiro atoms. The second-order valence-electron chi connectivity index (χ2n) is 5.33. The van der Waals surface area contributed by atoms with Gasteiger partial charge in [0, 0.05) is 18.9 Å². The Bertz CT molecular complexity index is 721. The Hall–Kier alpha value is -2.48. The van der Waals surface area contributed by atoms with Crippen LogP contribution in [0.25, 0.3) is 10.2 Å². The average molecular weight is 332 g/mol. The molecule has 3 rings (SSSR count). The van der Waals surface area contributed by atoms with E-state index in [4.69, 9.17) is 0 Å². The van der Waals surface area contributed by atoms with Gasteiger partial charge in [-0.1, -0.05) is 12.1 Å². The topological polar surface area (TPSA) is 100 Å². The largest absolute Gasteiger partial charge is 0.345 e. The number of nitrogens with one attached hydrogen (secondary N) is 3. The summed E-state index contributed by atoms with van der Waals surface area (Å²) in [6.07, 6.45) is 2.46. The van der Waals surface area contributed by atoms with E-state index in [1.54, 1.807) is 0 Å². The van der Waals surface area contributed by atoms with Gasteiger partial charge in [-0.2, -0.15) is 0 Å². The van der Waals surface area contributed by atoms with Crippen molar-refractivity contribution in [2.45, 2.75) is 31.7 Å². The van der Waals surface area contributed by atoms with Gasteiger partial charge in [-0.25, -0.2) is 4.98 Å². The third kappa shape index (κ3) is 4.26. The molecule has 0 radical (unpaired) electrons. The number of aryl methyl sites for hydroxylation is 1. The molecule has 1 saturated carbocycles. The zero-order valence-corrected chi connectivity index (χ0v) is 13.1. The van der Waals surface area contributed by atoms with Crippen molar-refractivity contribution in [2.75, 3.05) is 0 Å². The number of hydrogen-bond acceptors (Lipinski definition) is 5. The van der Waals surface area contributed by atoms with Gasteiger partial charge in [0.25, 0.3) is 0 Å². The van der Waals surface area contributed by atoms with Crippen molar-refractivity contribution in [3.8, 4) is 0 Å². The van der Waals surface area contributed by atoms with Gasteiger partial charge in [0.05, 0.1) is 15.2 Å². The van der Waals surface area contributed by atoms with Crippen LogP contribution in [0.5, 0.6) is 0 Å². The number of fused-ring (bicyclic) bond motifs is 1. The molecule has 0 unspecified atom stereocenters. The van der Waals surface area contributed by atoms with Crippen LogP contribution in [0.3, 0.4) is 0 Å². The monoisotopic (exact) mass is 332 g/mol. The maximum absolute atomic E-state index is 11.7. The van der Waals surface area contributed by atoms with Crippen LogP contribution in [0.15, 0.2) is 24.3 Å². The molecule has 8 heteroatoms. The van der Waals surface area contributed by atoms with Gasteiger partial charge in [-0.05, 0) is 25.0 Å². The molecular formula is C15H16N4O3S. The lowest BCUT2D eigenvalue weighted by Gasteiger charge is -2.06. The molecule has 0 saturated heterocycles. The SMILES string of the molecule is O=C(CCc1nc2ccccc2s1)NNC(=O)C(=O)NC1CC1. The first-order valence-corrected chi connectivity index (χ1v) is 8.17. The molecule has 2 aromatic rings. The molecule has 3 N–H and O–H groups in total.